The van der Waals surface area contributed by atoms with Gasteiger partial charge in [0.25, 0.3) is 0 Å². The third-order valence-corrected chi connectivity index (χ3v) is 3.39. The zero-order chi connectivity index (χ0) is 12.4. The molecule has 18 heavy (non-hydrogen) atoms. The van der Waals surface area contributed by atoms with Crippen molar-refractivity contribution in [3.05, 3.63) is 59.4 Å². The van der Waals surface area contributed by atoms with Crippen LogP contribution in [0.2, 0.25) is 0 Å². The van der Waals surface area contributed by atoms with Crippen LogP contribution in [0.3, 0.4) is 0 Å². The molecule has 3 rings (SSSR count). The number of benzene rings is 1. The van der Waals surface area contributed by atoms with E-state index in [1.807, 2.05) is 24.4 Å². The number of hydrogen-bond acceptors (Lipinski definition) is 3. The Labute approximate surface area is 107 Å². The second-order valence-electron chi connectivity index (χ2n) is 4.46. The summed E-state index contributed by atoms with van der Waals surface area (Å²) < 4.78 is 5.29. The Balaban J connectivity index is 2.02. The lowest BCUT2D eigenvalue weighted by molar-refractivity contribution is 0.413. The molecular weight excluding hydrogens is 224 g/mol. The summed E-state index contributed by atoms with van der Waals surface area (Å²) in [5, 5.41) is 3.53. The fraction of sp³-hybridized carbons (Fsp3) is 0.267. The Morgan fingerprint density at radius 1 is 1.28 bits per heavy atom. The van der Waals surface area contributed by atoms with E-state index in [1.165, 1.54) is 11.1 Å². The van der Waals surface area contributed by atoms with Crippen LogP contribution in [0.5, 0.6) is 5.75 Å². The molecule has 3 heteroatoms. The van der Waals surface area contributed by atoms with Gasteiger partial charge in [0, 0.05) is 12.7 Å². The fourth-order valence-electron chi connectivity index (χ4n) is 2.48. The highest BCUT2D eigenvalue weighted by Gasteiger charge is 2.22. The topological polar surface area (TPSA) is 34.1 Å². The van der Waals surface area contributed by atoms with Gasteiger partial charge >= 0.3 is 0 Å². The van der Waals surface area contributed by atoms with Gasteiger partial charge in [-0.3, -0.25) is 4.98 Å². The van der Waals surface area contributed by atoms with Crippen LogP contribution in [0.25, 0.3) is 0 Å². The molecule has 2 aromatic rings. The summed E-state index contributed by atoms with van der Waals surface area (Å²) in [6.07, 6.45) is 2.88. The summed E-state index contributed by atoms with van der Waals surface area (Å²) in [4.78, 5) is 4.45. The molecule has 0 fully saturated rings. The lowest BCUT2D eigenvalue weighted by Gasteiger charge is -2.26. The molecular formula is C15H16N2O. The van der Waals surface area contributed by atoms with Crippen molar-refractivity contribution in [3.63, 3.8) is 0 Å². The van der Waals surface area contributed by atoms with E-state index in [2.05, 4.69) is 28.5 Å². The fourth-order valence-corrected chi connectivity index (χ4v) is 2.48. The molecule has 1 aromatic carbocycles. The number of rotatable bonds is 2. The molecule has 0 bridgehead atoms. The molecule has 92 valence electrons. The number of fused-ring (bicyclic) bond motifs is 1. The molecule has 0 saturated heterocycles. The van der Waals surface area contributed by atoms with Gasteiger partial charge in [0.05, 0.1) is 18.8 Å². The Morgan fingerprint density at radius 3 is 3.00 bits per heavy atom. The average Bonchev–Trinajstić information content (AvgIpc) is 2.47. The highest BCUT2D eigenvalue weighted by Crippen LogP contribution is 2.29. The van der Waals surface area contributed by atoms with Crippen molar-refractivity contribution in [1.29, 1.82) is 0 Å². The molecule has 1 aliphatic heterocycles. The molecule has 3 nitrogen and oxygen atoms in total. The first-order valence-corrected chi connectivity index (χ1v) is 6.19. The maximum absolute atomic E-state index is 5.29. The van der Waals surface area contributed by atoms with Gasteiger partial charge < -0.3 is 10.1 Å². The number of ether oxygens (including phenoxy) is 1. The summed E-state index contributed by atoms with van der Waals surface area (Å²) in [7, 11) is 1.71. The van der Waals surface area contributed by atoms with E-state index in [4.69, 9.17) is 4.74 Å². The largest absolute Gasteiger partial charge is 0.497 e. The van der Waals surface area contributed by atoms with E-state index in [0.717, 1.165) is 24.4 Å². The molecule has 0 aliphatic carbocycles. The Morgan fingerprint density at radius 2 is 2.22 bits per heavy atom. The van der Waals surface area contributed by atoms with Crippen LogP contribution in [0, 0.1) is 0 Å². The van der Waals surface area contributed by atoms with E-state index < -0.39 is 0 Å². The molecule has 1 N–H and O–H groups in total. The quantitative estimate of drug-likeness (QED) is 0.874. The molecule has 1 aromatic heterocycles. The van der Waals surface area contributed by atoms with E-state index in [9.17, 15) is 0 Å². The van der Waals surface area contributed by atoms with Gasteiger partial charge in [-0.05, 0) is 41.8 Å². The zero-order valence-corrected chi connectivity index (χ0v) is 10.4. The number of methoxy groups -OCH3 is 1. The van der Waals surface area contributed by atoms with Crippen LogP contribution in [-0.4, -0.2) is 18.6 Å². The van der Waals surface area contributed by atoms with Crippen LogP contribution >= 0.6 is 0 Å². The molecule has 0 amide bonds. The molecule has 0 spiro atoms. The molecule has 0 saturated carbocycles. The first-order chi connectivity index (χ1) is 8.88. The predicted octanol–water partition coefficient (Wildman–Crippen LogP) is 2.33. The minimum atomic E-state index is 0.195. The van der Waals surface area contributed by atoms with Crippen LogP contribution in [0.15, 0.2) is 42.6 Å². The Hall–Kier alpha value is -1.87. The van der Waals surface area contributed by atoms with Crippen LogP contribution in [-0.2, 0) is 6.42 Å². The third kappa shape index (κ3) is 1.97. The lowest BCUT2D eigenvalue weighted by Crippen LogP contribution is -2.31. The highest BCUT2D eigenvalue weighted by molar-refractivity contribution is 5.42. The van der Waals surface area contributed by atoms with Crippen molar-refractivity contribution in [2.75, 3.05) is 13.7 Å². The summed E-state index contributed by atoms with van der Waals surface area (Å²) in [5.41, 5.74) is 3.73. The van der Waals surface area contributed by atoms with E-state index in [-0.39, 0.29) is 6.04 Å². The van der Waals surface area contributed by atoms with Crippen LogP contribution < -0.4 is 10.1 Å². The molecule has 1 atom stereocenters. The predicted molar refractivity (Wildman–Crippen MR) is 70.8 cm³/mol. The van der Waals surface area contributed by atoms with Crippen molar-refractivity contribution < 1.29 is 4.74 Å². The number of nitrogens with one attached hydrogen (secondary N) is 1. The van der Waals surface area contributed by atoms with Crippen LogP contribution in [0.4, 0.5) is 0 Å². The molecule has 1 aliphatic rings. The third-order valence-electron chi connectivity index (χ3n) is 3.39. The first-order valence-electron chi connectivity index (χ1n) is 6.19. The molecule has 2 heterocycles. The average molecular weight is 240 g/mol. The summed E-state index contributed by atoms with van der Waals surface area (Å²) in [5.74, 6) is 0.926. The maximum atomic E-state index is 5.29. The minimum Gasteiger partial charge on any atom is -0.497 e. The normalized spacial score (nSPS) is 18.2. The van der Waals surface area contributed by atoms with Gasteiger partial charge in [0.15, 0.2) is 0 Å². The van der Waals surface area contributed by atoms with Crippen molar-refractivity contribution in [1.82, 2.24) is 10.3 Å². The monoisotopic (exact) mass is 240 g/mol. The van der Waals surface area contributed by atoms with Crippen LogP contribution in [0.1, 0.15) is 22.9 Å². The number of hydrogen-bond donors (Lipinski definition) is 1. The lowest BCUT2D eigenvalue weighted by atomic mass is 9.92. The summed E-state index contributed by atoms with van der Waals surface area (Å²) >= 11 is 0. The number of nitrogens with zero attached hydrogens (tertiary/aromatic N) is 1. The molecule has 1 unspecified atom stereocenters. The zero-order valence-electron chi connectivity index (χ0n) is 10.4. The second-order valence-corrected chi connectivity index (χ2v) is 4.46. The first kappa shape index (κ1) is 11.2. The smallest absolute Gasteiger partial charge is 0.119 e. The van der Waals surface area contributed by atoms with Crippen molar-refractivity contribution in [2.45, 2.75) is 12.5 Å². The van der Waals surface area contributed by atoms with Gasteiger partial charge in [-0.2, -0.15) is 0 Å². The summed E-state index contributed by atoms with van der Waals surface area (Å²) in [6, 6.07) is 12.5. The van der Waals surface area contributed by atoms with Crippen molar-refractivity contribution >= 4 is 0 Å². The van der Waals surface area contributed by atoms with Gasteiger partial charge in [-0.15, -0.1) is 0 Å². The van der Waals surface area contributed by atoms with E-state index in [0.29, 0.717) is 0 Å². The summed E-state index contributed by atoms with van der Waals surface area (Å²) in [6.45, 7) is 0.974. The van der Waals surface area contributed by atoms with Gasteiger partial charge in [-0.1, -0.05) is 12.1 Å². The minimum absolute atomic E-state index is 0.195. The van der Waals surface area contributed by atoms with Gasteiger partial charge in [0.2, 0.25) is 0 Å². The number of pyridine rings is 1. The van der Waals surface area contributed by atoms with E-state index >= 15 is 0 Å². The second kappa shape index (κ2) is 4.78. The highest BCUT2D eigenvalue weighted by atomic mass is 16.5. The van der Waals surface area contributed by atoms with Crippen molar-refractivity contribution in [2.24, 2.45) is 0 Å². The maximum Gasteiger partial charge on any atom is 0.119 e. The molecule has 0 radical (unpaired) electrons. The standard InChI is InChI=1S/C15H16N2O/c1-18-12-5-6-13-11(10-12)7-9-17-15(13)14-4-2-3-8-16-14/h2-6,8,10,15,17H,7,9H2,1H3. The Kier molecular flexibility index (Phi) is 2.99. The number of aromatic nitrogens is 1. The van der Waals surface area contributed by atoms with Crippen molar-refractivity contribution in [3.8, 4) is 5.75 Å². The van der Waals surface area contributed by atoms with Gasteiger partial charge in [0.1, 0.15) is 5.75 Å². The SMILES string of the molecule is COc1ccc2c(c1)CCNC2c1ccccn1. The van der Waals surface area contributed by atoms with Gasteiger partial charge in [-0.25, -0.2) is 0 Å². The van der Waals surface area contributed by atoms with E-state index in [1.54, 1.807) is 7.11 Å². The Bertz CT molecular complexity index is 539.